The van der Waals surface area contributed by atoms with Gasteiger partial charge in [0.05, 0.1) is 17.5 Å². The molecule has 1 saturated heterocycles. The molecule has 0 radical (unpaired) electrons. The van der Waals surface area contributed by atoms with Crippen molar-refractivity contribution in [2.24, 2.45) is 0 Å². The molecule has 1 aliphatic rings. The van der Waals surface area contributed by atoms with Gasteiger partial charge in [0.1, 0.15) is 5.82 Å². The molecule has 1 N–H and O–H groups in total. The van der Waals surface area contributed by atoms with Crippen LogP contribution in [-0.2, 0) is 0 Å². The minimum absolute atomic E-state index is 0.00461. The molecule has 1 aliphatic heterocycles. The number of carbonyl (C=O) groups excluding carboxylic acids is 1. The smallest absolute Gasteiger partial charge is 0.257 e. The standard InChI is InChI=1S/C16H18FN3O/c17-13-7-5-12(6-8-13)15-14(11-18-19-15)16(21)20-9-3-1-2-4-10-20/h5-8,11H,1-4,9-10H2,(H,18,19). The Labute approximate surface area is 123 Å². The number of likely N-dealkylation sites (tertiary alicyclic amines) is 1. The number of rotatable bonds is 2. The third-order valence-corrected chi connectivity index (χ3v) is 3.90. The van der Waals surface area contributed by atoms with Crippen LogP contribution in [-0.4, -0.2) is 34.1 Å². The molecule has 1 aromatic carbocycles. The highest BCUT2D eigenvalue weighted by Gasteiger charge is 2.22. The largest absolute Gasteiger partial charge is 0.339 e. The highest BCUT2D eigenvalue weighted by molar-refractivity contribution is 5.99. The van der Waals surface area contributed by atoms with Crippen molar-refractivity contribution in [2.75, 3.05) is 13.1 Å². The molecule has 1 aromatic heterocycles. The lowest BCUT2D eigenvalue weighted by molar-refractivity contribution is 0.0762. The van der Waals surface area contributed by atoms with Gasteiger partial charge < -0.3 is 4.90 Å². The van der Waals surface area contributed by atoms with Gasteiger partial charge in [0, 0.05) is 18.7 Å². The Morgan fingerprint density at radius 2 is 1.76 bits per heavy atom. The van der Waals surface area contributed by atoms with Crippen molar-refractivity contribution in [3.63, 3.8) is 0 Å². The van der Waals surface area contributed by atoms with E-state index in [1.165, 1.54) is 25.0 Å². The Hall–Kier alpha value is -2.17. The van der Waals surface area contributed by atoms with Gasteiger partial charge in [-0.05, 0) is 37.1 Å². The van der Waals surface area contributed by atoms with E-state index in [0.717, 1.165) is 31.5 Å². The monoisotopic (exact) mass is 287 g/mol. The third-order valence-electron chi connectivity index (χ3n) is 3.90. The van der Waals surface area contributed by atoms with Crippen LogP contribution in [0.2, 0.25) is 0 Å². The molecule has 5 heteroatoms. The molecule has 110 valence electrons. The lowest BCUT2D eigenvalue weighted by Gasteiger charge is -2.20. The molecule has 0 saturated carbocycles. The van der Waals surface area contributed by atoms with Crippen molar-refractivity contribution in [3.05, 3.63) is 41.8 Å². The second-order valence-electron chi connectivity index (χ2n) is 5.37. The van der Waals surface area contributed by atoms with Crippen molar-refractivity contribution < 1.29 is 9.18 Å². The Morgan fingerprint density at radius 3 is 2.43 bits per heavy atom. The molecule has 21 heavy (non-hydrogen) atoms. The first kappa shape index (κ1) is 13.8. The summed E-state index contributed by atoms with van der Waals surface area (Å²) in [5, 5.41) is 6.85. The zero-order valence-corrected chi connectivity index (χ0v) is 11.8. The number of halogens is 1. The van der Waals surface area contributed by atoms with E-state index in [4.69, 9.17) is 0 Å². The number of nitrogens with one attached hydrogen (secondary N) is 1. The molecular weight excluding hydrogens is 269 g/mol. The highest BCUT2D eigenvalue weighted by atomic mass is 19.1. The van der Waals surface area contributed by atoms with E-state index in [9.17, 15) is 9.18 Å². The van der Waals surface area contributed by atoms with E-state index in [1.54, 1.807) is 18.3 Å². The first-order valence-electron chi connectivity index (χ1n) is 7.34. The quantitative estimate of drug-likeness (QED) is 0.922. The topological polar surface area (TPSA) is 49.0 Å². The van der Waals surface area contributed by atoms with Crippen LogP contribution in [0.4, 0.5) is 4.39 Å². The summed E-state index contributed by atoms with van der Waals surface area (Å²) in [6.07, 6.45) is 6.02. The zero-order chi connectivity index (χ0) is 14.7. The number of hydrogen-bond donors (Lipinski definition) is 1. The molecule has 0 atom stereocenters. The van der Waals surface area contributed by atoms with Gasteiger partial charge in [0.2, 0.25) is 0 Å². The van der Waals surface area contributed by atoms with Crippen molar-refractivity contribution in [2.45, 2.75) is 25.7 Å². The first-order valence-corrected chi connectivity index (χ1v) is 7.34. The maximum atomic E-state index is 13.0. The third kappa shape index (κ3) is 2.96. The number of H-pyrrole nitrogens is 1. The molecule has 0 aliphatic carbocycles. The lowest BCUT2D eigenvalue weighted by atomic mass is 10.1. The number of amides is 1. The van der Waals surface area contributed by atoms with Crippen LogP contribution in [0, 0.1) is 5.82 Å². The van der Waals surface area contributed by atoms with E-state index in [-0.39, 0.29) is 11.7 Å². The summed E-state index contributed by atoms with van der Waals surface area (Å²) in [5.74, 6) is -0.288. The fourth-order valence-electron chi connectivity index (χ4n) is 2.73. The average molecular weight is 287 g/mol. The Morgan fingerprint density at radius 1 is 1.10 bits per heavy atom. The summed E-state index contributed by atoms with van der Waals surface area (Å²) in [6, 6.07) is 6.08. The normalized spacial score (nSPS) is 15.8. The molecule has 0 spiro atoms. The molecule has 0 bridgehead atoms. The van der Waals surface area contributed by atoms with Gasteiger partial charge in [-0.25, -0.2) is 4.39 Å². The van der Waals surface area contributed by atoms with Gasteiger partial charge in [0.15, 0.2) is 0 Å². The van der Waals surface area contributed by atoms with E-state index < -0.39 is 0 Å². The van der Waals surface area contributed by atoms with Crippen LogP contribution in [0.25, 0.3) is 11.3 Å². The first-order chi connectivity index (χ1) is 10.3. The van der Waals surface area contributed by atoms with Crippen molar-refractivity contribution in [1.82, 2.24) is 15.1 Å². The summed E-state index contributed by atoms with van der Waals surface area (Å²) in [7, 11) is 0. The van der Waals surface area contributed by atoms with E-state index in [1.807, 2.05) is 4.90 Å². The second kappa shape index (κ2) is 6.08. The van der Waals surface area contributed by atoms with Crippen LogP contribution in [0.5, 0.6) is 0 Å². The van der Waals surface area contributed by atoms with Crippen LogP contribution >= 0.6 is 0 Å². The summed E-state index contributed by atoms with van der Waals surface area (Å²) in [5.41, 5.74) is 1.99. The predicted molar refractivity (Wildman–Crippen MR) is 78.4 cm³/mol. The Kier molecular flexibility index (Phi) is 3.99. The molecule has 0 unspecified atom stereocenters. The SMILES string of the molecule is O=C(c1cn[nH]c1-c1ccc(F)cc1)N1CCCCCC1. The van der Waals surface area contributed by atoms with Gasteiger partial charge in [0.25, 0.3) is 5.91 Å². The van der Waals surface area contributed by atoms with E-state index in [2.05, 4.69) is 10.2 Å². The Balaban J connectivity index is 1.87. The molecule has 1 amide bonds. The van der Waals surface area contributed by atoms with Crippen LogP contribution in [0.3, 0.4) is 0 Å². The number of aromatic nitrogens is 2. The lowest BCUT2D eigenvalue weighted by Crippen LogP contribution is -2.31. The second-order valence-corrected chi connectivity index (χ2v) is 5.37. The van der Waals surface area contributed by atoms with Crippen molar-refractivity contribution >= 4 is 5.91 Å². The minimum atomic E-state index is -0.293. The number of nitrogens with zero attached hydrogens (tertiary/aromatic N) is 2. The number of aromatic amines is 1. The van der Waals surface area contributed by atoms with Crippen molar-refractivity contribution in [1.29, 1.82) is 0 Å². The fourth-order valence-corrected chi connectivity index (χ4v) is 2.73. The predicted octanol–water partition coefficient (Wildman–Crippen LogP) is 3.23. The zero-order valence-electron chi connectivity index (χ0n) is 11.8. The molecular formula is C16H18FN3O. The van der Waals surface area contributed by atoms with Gasteiger partial charge in [-0.3, -0.25) is 9.89 Å². The average Bonchev–Trinajstić information content (AvgIpc) is 2.82. The van der Waals surface area contributed by atoms with Gasteiger partial charge in [-0.1, -0.05) is 12.8 Å². The van der Waals surface area contributed by atoms with E-state index in [0.29, 0.717) is 11.3 Å². The molecule has 4 nitrogen and oxygen atoms in total. The van der Waals surface area contributed by atoms with Gasteiger partial charge in [-0.15, -0.1) is 0 Å². The number of carbonyl (C=O) groups is 1. The van der Waals surface area contributed by atoms with E-state index >= 15 is 0 Å². The maximum absolute atomic E-state index is 13.0. The summed E-state index contributed by atoms with van der Waals surface area (Å²) in [4.78, 5) is 14.6. The van der Waals surface area contributed by atoms with Crippen LogP contribution in [0.1, 0.15) is 36.0 Å². The molecule has 1 fully saturated rings. The summed E-state index contributed by atoms with van der Waals surface area (Å²) >= 11 is 0. The fraction of sp³-hybridized carbons (Fsp3) is 0.375. The number of benzene rings is 1. The van der Waals surface area contributed by atoms with Gasteiger partial charge >= 0.3 is 0 Å². The van der Waals surface area contributed by atoms with Gasteiger partial charge in [-0.2, -0.15) is 5.10 Å². The minimum Gasteiger partial charge on any atom is -0.339 e. The van der Waals surface area contributed by atoms with Crippen LogP contribution in [0.15, 0.2) is 30.5 Å². The van der Waals surface area contributed by atoms with Crippen LogP contribution < -0.4 is 0 Å². The molecule has 3 rings (SSSR count). The molecule has 2 aromatic rings. The number of hydrogen-bond acceptors (Lipinski definition) is 2. The molecule has 2 heterocycles. The summed E-state index contributed by atoms with van der Waals surface area (Å²) < 4.78 is 13.0. The maximum Gasteiger partial charge on any atom is 0.257 e. The Bertz CT molecular complexity index is 613. The highest BCUT2D eigenvalue weighted by Crippen LogP contribution is 2.23. The van der Waals surface area contributed by atoms with Crippen molar-refractivity contribution in [3.8, 4) is 11.3 Å². The summed E-state index contributed by atoms with van der Waals surface area (Å²) in [6.45, 7) is 1.60.